The second-order valence-corrected chi connectivity index (χ2v) is 5.53. The van der Waals surface area contributed by atoms with E-state index < -0.39 is 0 Å². The van der Waals surface area contributed by atoms with Crippen LogP contribution < -0.4 is 10.2 Å². The molecule has 1 N–H and O–H groups in total. The van der Waals surface area contributed by atoms with Gasteiger partial charge in [-0.2, -0.15) is 0 Å². The molecule has 0 aromatic heterocycles. The molecule has 1 aromatic carbocycles. The fourth-order valence-corrected chi connectivity index (χ4v) is 3.10. The topological polar surface area (TPSA) is 24.5 Å². The maximum Gasteiger partial charge on any atom is 0.0724 e. The Hall–Kier alpha value is -1.06. The molecular formula is C17H28N2O. The smallest absolute Gasteiger partial charge is 0.0724 e. The lowest BCUT2D eigenvalue weighted by Crippen LogP contribution is -2.36. The van der Waals surface area contributed by atoms with Crippen LogP contribution in [0.5, 0.6) is 0 Å². The van der Waals surface area contributed by atoms with Gasteiger partial charge in [0.2, 0.25) is 0 Å². The van der Waals surface area contributed by atoms with Crippen molar-refractivity contribution in [1.29, 1.82) is 0 Å². The van der Waals surface area contributed by atoms with Gasteiger partial charge in [-0.1, -0.05) is 12.1 Å². The summed E-state index contributed by atoms with van der Waals surface area (Å²) in [5, 5.41) is 3.64. The molecule has 3 heteroatoms. The molecule has 0 radical (unpaired) electrons. The van der Waals surface area contributed by atoms with Gasteiger partial charge in [-0.3, -0.25) is 0 Å². The summed E-state index contributed by atoms with van der Waals surface area (Å²) in [4.78, 5) is 2.37. The molecule has 0 saturated heterocycles. The molecule has 0 heterocycles. The number of rotatable bonds is 7. The number of nitrogens with one attached hydrogen (secondary N) is 1. The molecule has 0 amide bonds. The third-order valence-corrected chi connectivity index (χ3v) is 4.39. The Labute approximate surface area is 123 Å². The van der Waals surface area contributed by atoms with Gasteiger partial charge in [0, 0.05) is 38.5 Å². The molecule has 3 nitrogen and oxygen atoms in total. The maximum atomic E-state index is 5.52. The normalized spacial score (nSPS) is 22.1. The minimum Gasteiger partial charge on any atom is -0.380 e. The second kappa shape index (κ2) is 7.65. The minimum atomic E-state index is 0.393. The summed E-state index contributed by atoms with van der Waals surface area (Å²) in [7, 11) is 1.82. The Kier molecular flexibility index (Phi) is 5.86. The zero-order chi connectivity index (χ0) is 14.4. The lowest BCUT2D eigenvalue weighted by atomic mass is 10.1. The average molecular weight is 276 g/mol. The van der Waals surface area contributed by atoms with E-state index >= 15 is 0 Å². The lowest BCUT2D eigenvalue weighted by molar-refractivity contribution is 0.0847. The van der Waals surface area contributed by atoms with Crippen LogP contribution >= 0.6 is 0 Å². The van der Waals surface area contributed by atoms with Crippen LogP contribution in [0.2, 0.25) is 0 Å². The molecule has 1 aromatic rings. The SMILES string of the molecule is CCN(CC)c1ccc(CNC2CCCC2OC)cc1. The average Bonchev–Trinajstić information content (AvgIpc) is 2.95. The van der Waals surface area contributed by atoms with Crippen LogP contribution in [-0.4, -0.2) is 32.3 Å². The molecule has 20 heavy (non-hydrogen) atoms. The highest BCUT2D eigenvalue weighted by Gasteiger charge is 2.26. The van der Waals surface area contributed by atoms with Crippen LogP contribution in [0, 0.1) is 0 Å². The summed E-state index contributed by atoms with van der Waals surface area (Å²) >= 11 is 0. The van der Waals surface area contributed by atoms with E-state index in [-0.39, 0.29) is 0 Å². The van der Waals surface area contributed by atoms with Gasteiger partial charge >= 0.3 is 0 Å². The van der Waals surface area contributed by atoms with E-state index in [9.17, 15) is 0 Å². The molecule has 2 atom stereocenters. The van der Waals surface area contributed by atoms with Gasteiger partial charge in [0.15, 0.2) is 0 Å². The zero-order valence-corrected chi connectivity index (χ0v) is 13.1. The van der Waals surface area contributed by atoms with Crippen LogP contribution in [0.4, 0.5) is 5.69 Å². The van der Waals surface area contributed by atoms with Crippen LogP contribution in [0.15, 0.2) is 24.3 Å². The predicted octanol–water partition coefficient (Wildman–Crippen LogP) is 3.19. The molecule has 1 aliphatic carbocycles. The van der Waals surface area contributed by atoms with Crippen LogP contribution in [-0.2, 0) is 11.3 Å². The monoisotopic (exact) mass is 276 g/mol. The lowest BCUT2D eigenvalue weighted by Gasteiger charge is -2.22. The van der Waals surface area contributed by atoms with E-state index in [1.54, 1.807) is 0 Å². The molecular weight excluding hydrogens is 248 g/mol. The standard InChI is InChI=1S/C17H28N2O/c1-4-19(5-2)15-11-9-14(10-12-15)13-18-16-7-6-8-17(16)20-3/h9-12,16-18H,4-8,13H2,1-3H3. The highest BCUT2D eigenvalue weighted by atomic mass is 16.5. The molecule has 1 fully saturated rings. The molecule has 2 unspecified atom stereocenters. The number of ether oxygens (including phenoxy) is 1. The van der Waals surface area contributed by atoms with Crippen molar-refractivity contribution in [2.45, 2.75) is 51.8 Å². The summed E-state index contributed by atoms with van der Waals surface area (Å²) in [6.07, 6.45) is 4.09. The Morgan fingerprint density at radius 3 is 2.45 bits per heavy atom. The third kappa shape index (κ3) is 3.74. The summed E-state index contributed by atoms with van der Waals surface area (Å²) in [5.74, 6) is 0. The molecule has 1 saturated carbocycles. The number of nitrogens with zero attached hydrogens (tertiary/aromatic N) is 1. The summed E-state index contributed by atoms with van der Waals surface area (Å²) < 4.78 is 5.52. The van der Waals surface area contributed by atoms with Crippen molar-refractivity contribution in [2.24, 2.45) is 0 Å². The molecule has 0 bridgehead atoms. The Bertz CT molecular complexity index is 386. The van der Waals surface area contributed by atoms with Gasteiger partial charge in [-0.25, -0.2) is 0 Å². The van der Waals surface area contributed by atoms with Crippen molar-refractivity contribution in [3.05, 3.63) is 29.8 Å². The van der Waals surface area contributed by atoms with Gasteiger partial charge in [0.05, 0.1) is 6.10 Å². The molecule has 0 aliphatic heterocycles. The molecule has 2 rings (SSSR count). The highest BCUT2D eigenvalue weighted by molar-refractivity contribution is 5.47. The van der Waals surface area contributed by atoms with Crippen molar-refractivity contribution >= 4 is 5.69 Å². The fraction of sp³-hybridized carbons (Fsp3) is 0.647. The van der Waals surface area contributed by atoms with Crippen molar-refractivity contribution in [1.82, 2.24) is 5.32 Å². The van der Waals surface area contributed by atoms with E-state index in [0.717, 1.165) is 19.6 Å². The Morgan fingerprint density at radius 2 is 1.85 bits per heavy atom. The van der Waals surface area contributed by atoms with Crippen molar-refractivity contribution < 1.29 is 4.74 Å². The van der Waals surface area contributed by atoms with E-state index in [4.69, 9.17) is 4.74 Å². The number of benzene rings is 1. The third-order valence-electron chi connectivity index (χ3n) is 4.39. The zero-order valence-electron chi connectivity index (χ0n) is 13.1. The van der Waals surface area contributed by atoms with Gasteiger partial charge in [0.25, 0.3) is 0 Å². The Balaban J connectivity index is 1.87. The number of hydrogen-bond acceptors (Lipinski definition) is 3. The number of methoxy groups -OCH3 is 1. The van der Waals surface area contributed by atoms with Crippen molar-refractivity contribution in [2.75, 3.05) is 25.1 Å². The molecule has 0 spiro atoms. The number of anilines is 1. The van der Waals surface area contributed by atoms with E-state index in [1.165, 1.54) is 30.5 Å². The largest absolute Gasteiger partial charge is 0.380 e. The van der Waals surface area contributed by atoms with E-state index in [1.807, 2.05) is 7.11 Å². The summed E-state index contributed by atoms with van der Waals surface area (Å²) in [5.41, 5.74) is 2.66. The maximum absolute atomic E-state index is 5.52. The summed E-state index contributed by atoms with van der Waals surface area (Å²) in [6, 6.07) is 9.44. The minimum absolute atomic E-state index is 0.393. The first-order valence-electron chi connectivity index (χ1n) is 7.88. The Morgan fingerprint density at radius 1 is 1.15 bits per heavy atom. The van der Waals surface area contributed by atoms with Crippen molar-refractivity contribution in [3.8, 4) is 0 Å². The highest BCUT2D eigenvalue weighted by Crippen LogP contribution is 2.22. The molecule has 112 valence electrons. The van der Waals surface area contributed by atoms with E-state index in [0.29, 0.717) is 12.1 Å². The van der Waals surface area contributed by atoms with Gasteiger partial charge in [0.1, 0.15) is 0 Å². The first-order valence-corrected chi connectivity index (χ1v) is 7.88. The number of hydrogen-bond donors (Lipinski definition) is 1. The second-order valence-electron chi connectivity index (χ2n) is 5.53. The van der Waals surface area contributed by atoms with Gasteiger partial charge in [-0.05, 0) is 50.8 Å². The van der Waals surface area contributed by atoms with Crippen LogP contribution in [0.3, 0.4) is 0 Å². The van der Waals surface area contributed by atoms with E-state index in [2.05, 4.69) is 48.3 Å². The van der Waals surface area contributed by atoms with Gasteiger partial charge in [-0.15, -0.1) is 0 Å². The first kappa shape index (κ1) is 15.3. The fourth-order valence-electron chi connectivity index (χ4n) is 3.10. The predicted molar refractivity (Wildman–Crippen MR) is 85.3 cm³/mol. The van der Waals surface area contributed by atoms with Crippen LogP contribution in [0.1, 0.15) is 38.7 Å². The molecule has 1 aliphatic rings. The van der Waals surface area contributed by atoms with Crippen LogP contribution in [0.25, 0.3) is 0 Å². The summed E-state index contributed by atoms with van der Waals surface area (Å²) in [6.45, 7) is 7.45. The quantitative estimate of drug-likeness (QED) is 0.828. The van der Waals surface area contributed by atoms with Gasteiger partial charge < -0.3 is 15.0 Å². The first-order chi connectivity index (χ1) is 9.78. The van der Waals surface area contributed by atoms with Crippen molar-refractivity contribution in [3.63, 3.8) is 0 Å².